The molecule has 0 aromatic heterocycles. The lowest BCUT2D eigenvalue weighted by Crippen LogP contribution is -2.55. The first kappa shape index (κ1) is 19.0. The van der Waals surface area contributed by atoms with Crippen LogP contribution in [0.15, 0.2) is 24.3 Å². The summed E-state index contributed by atoms with van der Waals surface area (Å²) in [7, 11) is 1.70. The van der Waals surface area contributed by atoms with Crippen LogP contribution in [0.3, 0.4) is 0 Å². The van der Waals surface area contributed by atoms with Crippen LogP contribution in [0.2, 0.25) is 0 Å². The van der Waals surface area contributed by atoms with Crippen molar-refractivity contribution in [2.75, 3.05) is 7.11 Å². The quantitative estimate of drug-likeness (QED) is 0.704. The minimum absolute atomic E-state index is 0.131. The maximum atomic E-state index is 10.2. The van der Waals surface area contributed by atoms with Gasteiger partial charge in [-0.15, -0.1) is 0 Å². The summed E-state index contributed by atoms with van der Waals surface area (Å²) >= 11 is 0. The molecule has 2 aliphatic rings. The largest absolute Gasteiger partial charge is 0.508 e. The number of hydrogen-bond acceptors (Lipinski definition) is 4. The number of aromatic hydroxyl groups is 1. The third-order valence-corrected chi connectivity index (χ3v) is 6.27. The molecular formula is C24H30O4. The average Bonchev–Trinajstić information content (AvgIpc) is 2.55. The Morgan fingerprint density at radius 3 is 1.86 bits per heavy atom. The fourth-order valence-electron chi connectivity index (χ4n) is 4.94. The fraction of sp³-hybridized carbons (Fsp3) is 0.500. The second-order valence-corrected chi connectivity index (χ2v) is 9.69. The van der Waals surface area contributed by atoms with Crippen molar-refractivity contribution in [2.45, 2.75) is 71.0 Å². The SMILES string of the molecule is COc1cc2c(cc1C)OC1(CC(C)(C)c3cc(O)c(C)cc3O1)CC2(C)C. The van der Waals surface area contributed by atoms with E-state index in [1.165, 1.54) is 0 Å². The monoisotopic (exact) mass is 382 g/mol. The van der Waals surface area contributed by atoms with Gasteiger partial charge in [-0.25, -0.2) is 0 Å². The molecule has 0 saturated heterocycles. The van der Waals surface area contributed by atoms with Crippen molar-refractivity contribution in [3.05, 3.63) is 46.5 Å². The van der Waals surface area contributed by atoms with Crippen molar-refractivity contribution < 1.29 is 19.3 Å². The molecular weight excluding hydrogens is 352 g/mol. The van der Waals surface area contributed by atoms with E-state index >= 15 is 0 Å². The summed E-state index contributed by atoms with van der Waals surface area (Å²) in [6, 6.07) is 7.93. The van der Waals surface area contributed by atoms with E-state index in [0.717, 1.165) is 45.9 Å². The number of hydrogen-bond donors (Lipinski definition) is 1. The molecule has 2 aliphatic heterocycles. The van der Waals surface area contributed by atoms with E-state index in [2.05, 4.69) is 39.8 Å². The zero-order valence-electron chi connectivity index (χ0n) is 17.9. The third kappa shape index (κ3) is 2.81. The number of benzene rings is 2. The first-order valence-electron chi connectivity index (χ1n) is 9.88. The van der Waals surface area contributed by atoms with Crippen LogP contribution in [0, 0.1) is 13.8 Å². The van der Waals surface area contributed by atoms with Crippen LogP contribution in [-0.2, 0) is 10.8 Å². The summed E-state index contributed by atoms with van der Waals surface area (Å²) in [5.74, 6) is 2.12. The van der Waals surface area contributed by atoms with Crippen LogP contribution in [0.4, 0.5) is 0 Å². The minimum atomic E-state index is -0.739. The zero-order chi connectivity index (χ0) is 20.5. The highest BCUT2D eigenvalue weighted by Gasteiger charge is 2.53. The molecule has 1 N–H and O–H groups in total. The van der Waals surface area contributed by atoms with E-state index in [1.54, 1.807) is 7.11 Å². The van der Waals surface area contributed by atoms with Gasteiger partial charge in [-0.05, 0) is 49.2 Å². The fourth-order valence-corrected chi connectivity index (χ4v) is 4.94. The van der Waals surface area contributed by atoms with Gasteiger partial charge in [-0.2, -0.15) is 0 Å². The molecule has 1 atom stereocenters. The third-order valence-electron chi connectivity index (χ3n) is 6.27. The lowest BCUT2D eigenvalue weighted by Gasteiger charge is -2.51. The predicted octanol–water partition coefficient (Wildman–Crippen LogP) is 5.53. The molecule has 2 heterocycles. The van der Waals surface area contributed by atoms with Crippen molar-refractivity contribution in [1.29, 1.82) is 0 Å². The van der Waals surface area contributed by atoms with Crippen LogP contribution in [0.1, 0.15) is 62.8 Å². The number of phenols is 1. The molecule has 0 saturated carbocycles. The van der Waals surface area contributed by atoms with E-state index in [9.17, 15) is 5.11 Å². The van der Waals surface area contributed by atoms with Gasteiger partial charge in [0, 0.05) is 34.8 Å². The van der Waals surface area contributed by atoms with Gasteiger partial charge < -0.3 is 19.3 Å². The van der Waals surface area contributed by atoms with E-state index in [4.69, 9.17) is 14.2 Å². The maximum absolute atomic E-state index is 10.2. The molecule has 1 unspecified atom stereocenters. The van der Waals surface area contributed by atoms with Crippen molar-refractivity contribution in [3.63, 3.8) is 0 Å². The zero-order valence-corrected chi connectivity index (χ0v) is 17.9. The van der Waals surface area contributed by atoms with Gasteiger partial charge in [0.25, 0.3) is 5.79 Å². The minimum Gasteiger partial charge on any atom is -0.508 e. The molecule has 4 rings (SSSR count). The van der Waals surface area contributed by atoms with Gasteiger partial charge in [0.1, 0.15) is 23.0 Å². The number of fused-ring (bicyclic) bond motifs is 2. The van der Waals surface area contributed by atoms with Gasteiger partial charge in [-0.3, -0.25) is 0 Å². The predicted molar refractivity (Wildman–Crippen MR) is 110 cm³/mol. The normalized spacial score (nSPS) is 24.0. The molecule has 0 aliphatic carbocycles. The molecule has 0 fully saturated rings. The first-order valence-corrected chi connectivity index (χ1v) is 9.88. The highest BCUT2D eigenvalue weighted by atomic mass is 16.7. The number of methoxy groups -OCH3 is 1. The molecule has 1 spiro atoms. The van der Waals surface area contributed by atoms with E-state index in [1.807, 2.05) is 26.0 Å². The smallest absolute Gasteiger partial charge is 0.252 e. The van der Waals surface area contributed by atoms with Gasteiger partial charge in [0.05, 0.1) is 7.11 Å². The molecule has 0 radical (unpaired) electrons. The maximum Gasteiger partial charge on any atom is 0.252 e. The Hall–Kier alpha value is -2.36. The summed E-state index contributed by atoms with van der Waals surface area (Å²) in [6.45, 7) is 12.8. The molecule has 2 aromatic rings. The highest BCUT2D eigenvalue weighted by Crippen LogP contribution is 2.54. The summed E-state index contributed by atoms with van der Waals surface area (Å²) in [5, 5.41) is 10.2. The van der Waals surface area contributed by atoms with E-state index in [-0.39, 0.29) is 10.8 Å². The van der Waals surface area contributed by atoms with Crippen LogP contribution >= 0.6 is 0 Å². The second-order valence-electron chi connectivity index (χ2n) is 9.69. The highest BCUT2D eigenvalue weighted by molar-refractivity contribution is 5.53. The Morgan fingerprint density at radius 1 is 0.821 bits per heavy atom. The summed E-state index contributed by atoms with van der Waals surface area (Å²) in [5.41, 5.74) is 3.71. The van der Waals surface area contributed by atoms with Crippen molar-refractivity contribution >= 4 is 0 Å². The molecule has 0 bridgehead atoms. The molecule has 0 amide bonds. The lowest BCUT2D eigenvalue weighted by atomic mass is 9.69. The van der Waals surface area contributed by atoms with Gasteiger partial charge in [0.15, 0.2) is 0 Å². The van der Waals surface area contributed by atoms with Crippen LogP contribution in [0.25, 0.3) is 0 Å². The van der Waals surface area contributed by atoms with Crippen molar-refractivity contribution in [3.8, 4) is 23.0 Å². The molecule has 4 heteroatoms. The van der Waals surface area contributed by atoms with E-state index in [0.29, 0.717) is 12.2 Å². The van der Waals surface area contributed by atoms with E-state index < -0.39 is 5.79 Å². The number of phenolic OH excluding ortho intramolecular Hbond substituents is 1. The number of ether oxygens (including phenoxy) is 3. The summed E-state index contributed by atoms with van der Waals surface area (Å²) < 4.78 is 18.7. The van der Waals surface area contributed by atoms with Crippen molar-refractivity contribution in [1.82, 2.24) is 0 Å². The summed E-state index contributed by atoms with van der Waals surface area (Å²) in [6.07, 6.45) is 1.45. The Morgan fingerprint density at radius 2 is 1.32 bits per heavy atom. The lowest BCUT2D eigenvalue weighted by molar-refractivity contribution is -0.166. The first-order chi connectivity index (χ1) is 13.0. The van der Waals surface area contributed by atoms with Crippen LogP contribution in [-0.4, -0.2) is 18.0 Å². The second kappa shape index (κ2) is 5.82. The van der Waals surface area contributed by atoms with Crippen LogP contribution in [0.5, 0.6) is 23.0 Å². The Labute approximate surface area is 167 Å². The number of aryl methyl sites for hydroxylation is 2. The van der Waals surface area contributed by atoms with Gasteiger partial charge in [0.2, 0.25) is 0 Å². The Balaban J connectivity index is 1.83. The Bertz CT molecular complexity index is 958. The molecule has 4 nitrogen and oxygen atoms in total. The Kier molecular flexibility index (Phi) is 3.94. The topological polar surface area (TPSA) is 47.9 Å². The molecule has 150 valence electrons. The van der Waals surface area contributed by atoms with Crippen LogP contribution < -0.4 is 14.2 Å². The van der Waals surface area contributed by atoms with Gasteiger partial charge in [-0.1, -0.05) is 27.7 Å². The standard InChI is InChI=1S/C24H30O4/c1-14-8-20-16(10-18(14)25)22(3,4)12-24(27-20)13-23(5,6)17-11-19(26-7)15(2)9-21(17)28-24/h8-11,25H,12-13H2,1-7H3. The van der Waals surface area contributed by atoms with Gasteiger partial charge >= 0.3 is 0 Å². The van der Waals surface area contributed by atoms with Crippen molar-refractivity contribution in [2.24, 2.45) is 0 Å². The summed E-state index contributed by atoms with van der Waals surface area (Å²) in [4.78, 5) is 0. The number of rotatable bonds is 1. The average molecular weight is 383 g/mol. The molecule has 28 heavy (non-hydrogen) atoms. The molecule has 2 aromatic carbocycles.